The second kappa shape index (κ2) is 5.58. The number of rotatable bonds is 0. The fourth-order valence-corrected chi connectivity index (χ4v) is 7.18. The molecule has 0 N–H and O–H groups in total. The molecule has 3 atom stereocenters. The van der Waals surface area contributed by atoms with Crippen LogP contribution in [0, 0.1) is 11.8 Å². The van der Waals surface area contributed by atoms with Crippen LogP contribution in [0.5, 0.6) is 0 Å². The molecular formula is C27H24O2. The topological polar surface area (TPSA) is 26.3 Å². The standard InChI is InChI=1S/C27H24O2/c28-24-10-12-27(11-5-13-29-27)23-15-21-20(14-22(23)24)25-16-6-1-3-8-18(16)26(21)19-9-4-2-7-17(19)25/h1-4,6-10,12,22-23,25-26H,5,11,13-15H2/t22-,23+,25?,26?,27-/m1/s1. The molecule has 144 valence electrons. The van der Waals surface area contributed by atoms with Gasteiger partial charge in [-0.2, -0.15) is 0 Å². The van der Waals surface area contributed by atoms with Crippen LogP contribution in [0.25, 0.3) is 0 Å². The summed E-state index contributed by atoms with van der Waals surface area (Å²) in [4.78, 5) is 13.0. The molecule has 2 nitrogen and oxygen atoms in total. The van der Waals surface area contributed by atoms with Crippen molar-refractivity contribution < 1.29 is 9.53 Å². The molecule has 8 rings (SSSR count). The highest BCUT2D eigenvalue weighted by Crippen LogP contribution is 2.62. The van der Waals surface area contributed by atoms with Gasteiger partial charge < -0.3 is 4.74 Å². The van der Waals surface area contributed by atoms with E-state index in [0.29, 0.717) is 23.5 Å². The number of hydrogen-bond donors (Lipinski definition) is 0. The van der Waals surface area contributed by atoms with Crippen LogP contribution < -0.4 is 0 Å². The summed E-state index contributed by atoms with van der Waals surface area (Å²) in [6.07, 6.45) is 8.00. The Labute approximate surface area is 171 Å². The van der Waals surface area contributed by atoms with Crippen LogP contribution >= 0.6 is 0 Å². The number of ketones is 1. The predicted octanol–water partition coefficient (Wildman–Crippen LogP) is 5.29. The number of benzene rings is 2. The first kappa shape index (κ1) is 16.4. The Balaban J connectivity index is 1.43. The van der Waals surface area contributed by atoms with Crippen LogP contribution in [0.3, 0.4) is 0 Å². The summed E-state index contributed by atoms with van der Waals surface area (Å²) in [5.74, 6) is 1.35. The molecule has 2 heteroatoms. The first-order valence-electron chi connectivity index (χ1n) is 11.0. The first-order chi connectivity index (χ1) is 14.3. The SMILES string of the molecule is O=C1C=C[C@]2(CCCO2)[C@H]2CC3=C(C[C@@H]12)C1c2ccccc2C3c2ccccc21. The average molecular weight is 380 g/mol. The van der Waals surface area contributed by atoms with Crippen LogP contribution in [-0.4, -0.2) is 18.0 Å². The van der Waals surface area contributed by atoms with Crippen molar-refractivity contribution in [2.45, 2.75) is 43.1 Å². The summed E-state index contributed by atoms with van der Waals surface area (Å²) < 4.78 is 6.34. The van der Waals surface area contributed by atoms with Gasteiger partial charge in [-0.05, 0) is 60.1 Å². The molecule has 0 unspecified atom stereocenters. The quantitative estimate of drug-likeness (QED) is 0.581. The van der Waals surface area contributed by atoms with E-state index in [0.717, 1.165) is 32.3 Å². The van der Waals surface area contributed by atoms with Crippen molar-refractivity contribution in [3.05, 3.63) is 94.1 Å². The minimum Gasteiger partial charge on any atom is -0.371 e. The molecule has 0 aromatic heterocycles. The van der Waals surface area contributed by atoms with Gasteiger partial charge in [-0.3, -0.25) is 4.79 Å². The number of ether oxygens (including phenoxy) is 1. The van der Waals surface area contributed by atoms with Gasteiger partial charge in [-0.15, -0.1) is 0 Å². The van der Waals surface area contributed by atoms with Crippen LogP contribution in [0.15, 0.2) is 71.8 Å². The van der Waals surface area contributed by atoms with E-state index in [1.165, 1.54) is 27.8 Å². The van der Waals surface area contributed by atoms with Crippen LogP contribution in [0.2, 0.25) is 0 Å². The van der Waals surface area contributed by atoms with Crippen molar-refractivity contribution in [2.75, 3.05) is 6.61 Å². The van der Waals surface area contributed by atoms with Crippen LogP contribution in [0.4, 0.5) is 0 Å². The molecule has 1 spiro atoms. The van der Waals surface area contributed by atoms with Gasteiger partial charge >= 0.3 is 0 Å². The molecule has 0 radical (unpaired) electrons. The van der Waals surface area contributed by atoms with Crippen molar-refractivity contribution in [1.29, 1.82) is 0 Å². The average Bonchev–Trinajstić information content (AvgIpc) is 3.25. The lowest BCUT2D eigenvalue weighted by Crippen LogP contribution is -2.49. The summed E-state index contributed by atoms with van der Waals surface area (Å²) in [5, 5.41) is 0. The van der Waals surface area contributed by atoms with Gasteiger partial charge in [-0.25, -0.2) is 0 Å². The lowest BCUT2D eigenvalue weighted by atomic mass is 9.53. The third-order valence-electron chi connectivity index (χ3n) is 8.32. The second-order valence-electron chi connectivity index (χ2n) is 9.44. The maximum absolute atomic E-state index is 13.0. The lowest BCUT2D eigenvalue weighted by Gasteiger charge is -2.52. The van der Waals surface area contributed by atoms with E-state index < -0.39 is 0 Å². The van der Waals surface area contributed by atoms with Crippen molar-refractivity contribution in [1.82, 2.24) is 0 Å². The van der Waals surface area contributed by atoms with Crippen molar-refractivity contribution in [3.8, 4) is 0 Å². The normalized spacial score (nSPS) is 36.1. The van der Waals surface area contributed by atoms with Gasteiger partial charge in [0.25, 0.3) is 0 Å². The molecule has 2 bridgehead atoms. The summed E-state index contributed by atoms with van der Waals surface area (Å²) in [6, 6.07) is 18.0. The Bertz CT molecular complexity index is 1070. The molecule has 1 saturated heterocycles. The summed E-state index contributed by atoms with van der Waals surface area (Å²) in [6.45, 7) is 0.825. The molecule has 6 aliphatic rings. The molecule has 5 aliphatic carbocycles. The Morgan fingerprint density at radius 2 is 1.41 bits per heavy atom. The molecule has 0 amide bonds. The van der Waals surface area contributed by atoms with Gasteiger partial charge in [0.2, 0.25) is 0 Å². The molecule has 1 aliphatic heterocycles. The minimum absolute atomic E-state index is 0.0792. The number of hydrogen-bond acceptors (Lipinski definition) is 2. The first-order valence-corrected chi connectivity index (χ1v) is 11.0. The zero-order chi connectivity index (χ0) is 19.2. The summed E-state index contributed by atoms with van der Waals surface area (Å²) in [7, 11) is 0. The minimum atomic E-state index is -0.215. The molecular weight excluding hydrogens is 356 g/mol. The largest absolute Gasteiger partial charge is 0.371 e. The highest BCUT2D eigenvalue weighted by Gasteiger charge is 2.54. The van der Waals surface area contributed by atoms with Gasteiger partial charge in [0.15, 0.2) is 5.78 Å². The van der Waals surface area contributed by atoms with Crippen molar-refractivity contribution in [3.63, 3.8) is 0 Å². The van der Waals surface area contributed by atoms with Crippen molar-refractivity contribution in [2.24, 2.45) is 11.8 Å². The van der Waals surface area contributed by atoms with E-state index in [2.05, 4.69) is 54.6 Å². The molecule has 2 aromatic carbocycles. The van der Waals surface area contributed by atoms with E-state index in [9.17, 15) is 4.79 Å². The smallest absolute Gasteiger partial charge is 0.159 e. The maximum atomic E-state index is 13.0. The van der Waals surface area contributed by atoms with Gasteiger partial charge in [0.1, 0.15) is 0 Å². The molecule has 2 aromatic rings. The van der Waals surface area contributed by atoms with E-state index in [-0.39, 0.29) is 11.5 Å². The molecule has 1 fully saturated rings. The van der Waals surface area contributed by atoms with Crippen LogP contribution in [0.1, 0.15) is 59.8 Å². The zero-order valence-electron chi connectivity index (χ0n) is 16.4. The highest BCUT2D eigenvalue weighted by molar-refractivity contribution is 5.94. The second-order valence-corrected chi connectivity index (χ2v) is 9.44. The predicted molar refractivity (Wildman–Crippen MR) is 112 cm³/mol. The van der Waals surface area contributed by atoms with E-state index in [1.807, 2.05) is 6.08 Å². The van der Waals surface area contributed by atoms with E-state index >= 15 is 0 Å². The van der Waals surface area contributed by atoms with Crippen LogP contribution in [-0.2, 0) is 9.53 Å². The number of carbonyl (C=O) groups is 1. The third-order valence-corrected chi connectivity index (χ3v) is 8.32. The fraction of sp³-hybridized carbons (Fsp3) is 0.370. The van der Waals surface area contributed by atoms with Gasteiger partial charge in [-0.1, -0.05) is 59.7 Å². The molecule has 1 heterocycles. The third kappa shape index (κ3) is 1.98. The zero-order valence-corrected chi connectivity index (χ0v) is 16.4. The lowest BCUT2D eigenvalue weighted by molar-refractivity contribution is -0.126. The molecule has 0 saturated carbocycles. The van der Waals surface area contributed by atoms with E-state index in [1.54, 1.807) is 5.57 Å². The van der Waals surface area contributed by atoms with E-state index in [4.69, 9.17) is 4.74 Å². The van der Waals surface area contributed by atoms with Gasteiger partial charge in [0, 0.05) is 30.3 Å². The molecule has 29 heavy (non-hydrogen) atoms. The summed E-state index contributed by atoms with van der Waals surface area (Å²) >= 11 is 0. The Morgan fingerprint density at radius 1 is 0.828 bits per heavy atom. The fourth-order valence-electron chi connectivity index (χ4n) is 7.18. The summed E-state index contributed by atoms with van der Waals surface area (Å²) in [5.41, 5.74) is 8.78. The Morgan fingerprint density at radius 3 is 1.97 bits per heavy atom. The van der Waals surface area contributed by atoms with Gasteiger partial charge in [0.05, 0.1) is 5.60 Å². The Kier molecular flexibility index (Phi) is 3.15. The highest BCUT2D eigenvalue weighted by atomic mass is 16.5. The Hall–Kier alpha value is -2.45. The number of fused-ring (bicyclic) bond motifs is 2. The van der Waals surface area contributed by atoms with Crippen molar-refractivity contribution >= 4 is 5.78 Å². The monoisotopic (exact) mass is 380 g/mol. The number of allylic oxidation sites excluding steroid dienone is 3. The maximum Gasteiger partial charge on any atom is 0.159 e. The number of carbonyl (C=O) groups excluding carboxylic acids is 1.